The van der Waals surface area contributed by atoms with Gasteiger partial charge in [0.2, 0.25) is 0 Å². The van der Waals surface area contributed by atoms with Crippen molar-refractivity contribution in [3.8, 4) is 0 Å². The lowest BCUT2D eigenvalue weighted by Crippen LogP contribution is -2.11. The summed E-state index contributed by atoms with van der Waals surface area (Å²) in [6.07, 6.45) is 0. The lowest BCUT2D eigenvalue weighted by Gasteiger charge is -2.07. The van der Waals surface area contributed by atoms with Gasteiger partial charge in [-0.2, -0.15) is 0 Å². The maximum absolute atomic E-state index is 13.6. The fraction of sp³-hybridized carbons (Fsp3) is 0.200. The summed E-state index contributed by atoms with van der Waals surface area (Å²) in [5.41, 5.74) is 0.862. The topological polar surface area (TPSA) is 12.0 Å². The van der Waals surface area contributed by atoms with E-state index in [1.165, 1.54) is 30.0 Å². The monoisotopic (exact) mass is 279 g/mol. The van der Waals surface area contributed by atoms with Gasteiger partial charge >= 0.3 is 0 Å². The Labute approximate surface area is 116 Å². The van der Waals surface area contributed by atoms with Crippen LogP contribution in [0, 0.1) is 11.6 Å². The van der Waals surface area contributed by atoms with Crippen LogP contribution in [0.25, 0.3) is 0 Å². The molecule has 0 bridgehead atoms. The minimum atomic E-state index is -0.297. The highest BCUT2D eigenvalue weighted by Gasteiger charge is 2.06. The number of hydrogen-bond acceptors (Lipinski definition) is 2. The molecule has 100 valence electrons. The van der Waals surface area contributed by atoms with Gasteiger partial charge in [-0.25, -0.2) is 8.78 Å². The Morgan fingerprint density at radius 2 is 1.89 bits per heavy atom. The van der Waals surface area contributed by atoms with Crippen LogP contribution in [0.1, 0.15) is 12.5 Å². The van der Waals surface area contributed by atoms with Crippen LogP contribution < -0.4 is 5.32 Å². The van der Waals surface area contributed by atoms with E-state index < -0.39 is 0 Å². The first-order chi connectivity index (χ1) is 9.19. The molecule has 0 saturated carbocycles. The molecule has 0 heterocycles. The molecular formula is C15H15F2NS. The summed E-state index contributed by atoms with van der Waals surface area (Å²) in [5.74, 6) is -0.584. The summed E-state index contributed by atoms with van der Waals surface area (Å²) in [6, 6.07) is 11.3. The van der Waals surface area contributed by atoms with Crippen LogP contribution in [-0.4, -0.2) is 6.54 Å². The Morgan fingerprint density at radius 3 is 2.63 bits per heavy atom. The van der Waals surface area contributed by atoms with Crippen molar-refractivity contribution in [1.29, 1.82) is 0 Å². The Balaban J connectivity index is 2.20. The van der Waals surface area contributed by atoms with Gasteiger partial charge in [0.05, 0.1) is 0 Å². The van der Waals surface area contributed by atoms with Gasteiger partial charge in [0.15, 0.2) is 0 Å². The van der Waals surface area contributed by atoms with Crippen LogP contribution in [0.4, 0.5) is 8.78 Å². The Hall–Kier alpha value is -1.39. The second kappa shape index (κ2) is 6.68. The molecule has 0 aromatic heterocycles. The van der Waals surface area contributed by atoms with Crippen molar-refractivity contribution in [3.05, 3.63) is 59.7 Å². The van der Waals surface area contributed by atoms with Crippen LogP contribution in [-0.2, 0) is 6.54 Å². The first-order valence-electron chi connectivity index (χ1n) is 6.11. The van der Waals surface area contributed by atoms with Crippen LogP contribution in [0.3, 0.4) is 0 Å². The lowest BCUT2D eigenvalue weighted by molar-refractivity contribution is 0.601. The van der Waals surface area contributed by atoms with Crippen LogP contribution >= 0.6 is 11.8 Å². The second-order valence-corrected chi connectivity index (χ2v) is 5.22. The number of benzene rings is 2. The van der Waals surface area contributed by atoms with E-state index in [4.69, 9.17) is 0 Å². The van der Waals surface area contributed by atoms with Crippen LogP contribution in [0.2, 0.25) is 0 Å². The van der Waals surface area contributed by atoms with Gasteiger partial charge < -0.3 is 5.32 Å². The number of rotatable bonds is 5. The predicted molar refractivity (Wildman–Crippen MR) is 74.3 cm³/mol. The number of halogens is 2. The van der Waals surface area contributed by atoms with Crippen molar-refractivity contribution < 1.29 is 8.78 Å². The molecule has 1 N–H and O–H groups in total. The van der Waals surface area contributed by atoms with E-state index in [9.17, 15) is 8.78 Å². The standard InChI is InChI=1S/C15H15F2NS/c1-2-18-10-11-7-12(16)9-13(8-11)19-15-6-4-3-5-14(15)17/h3-9,18H,2,10H2,1H3. The van der Waals surface area contributed by atoms with Crippen molar-refractivity contribution in [2.24, 2.45) is 0 Å². The van der Waals surface area contributed by atoms with Crippen molar-refractivity contribution in [3.63, 3.8) is 0 Å². The number of nitrogens with one attached hydrogen (secondary N) is 1. The predicted octanol–water partition coefficient (Wildman–Crippen LogP) is 4.23. The third-order valence-corrected chi connectivity index (χ3v) is 3.60. The molecule has 2 aromatic rings. The molecule has 0 aliphatic carbocycles. The van der Waals surface area contributed by atoms with Gasteiger partial charge in [0.1, 0.15) is 11.6 Å². The Bertz CT molecular complexity index is 558. The van der Waals surface area contributed by atoms with E-state index >= 15 is 0 Å². The first kappa shape index (κ1) is 14.0. The zero-order valence-corrected chi connectivity index (χ0v) is 11.4. The van der Waals surface area contributed by atoms with Gasteiger partial charge in [0.25, 0.3) is 0 Å². The van der Waals surface area contributed by atoms with E-state index in [1.807, 2.05) is 13.0 Å². The number of hydrogen-bond donors (Lipinski definition) is 1. The van der Waals surface area contributed by atoms with E-state index in [-0.39, 0.29) is 11.6 Å². The molecule has 0 fully saturated rings. The van der Waals surface area contributed by atoms with Crippen molar-refractivity contribution in [1.82, 2.24) is 5.32 Å². The highest BCUT2D eigenvalue weighted by Crippen LogP contribution is 2.30. The molecule has 2 aromatic carbocycles. The maximum Gasteiger partial charge on any atom is 0.137 e. The average molecular weight is 279 g/mol. The summed E-state index contributed by atoms with van der Waals surface area (Å²) in [5, 5.41) is 3.14. The molecule has 0 atom stereocenters. The molecule has 0 radical (unpaired) electrons. The molecule has 0 aliphatic rings. The van der Waals surface area contributed by atoms with Gasteiger partial charge in [-0.3, -0.25) is 0 Å². The summed E-state index contributed by atoms with van der Waals surface area (Å²) in [6.45, 7) is 3.43. The Kier molecular flexibility index (Phi) is 4.93. The third-order valence-electron chi connectivity index (χ3n) is 2.57. The molecule has 19 heavy (non-hydrogen) atoms. The van der Waals surface area contributed by atoms with Crippen molar-refractivity contribution in [2.45, 2.75) is 23.3 Å². The summed E-state index contributed by atoms with van der Waals surface area (Å²) in [7, 11) is 0. The van der Waals surface area contributed by atoms with Gasteiger partial charge in [-0.05, 0) is 42.4 Å². The van der Waals surface area contributed by atoms with E-state index in [0.29, 0.717) is 16.3 Å². The highest BCUT2D eigenvalue weighted by atomic mass is 32.2. The fourth-order valence-corrected chi connectivity index (χ4v) is 2.65. The summed E-state index contributed by atoms with van der Waals surface area (Å²) in [4.78, 5) is 1.21. The zero-order chi connectivity index (χ0) is 13.7. The second-order valence-electron chi connectivity index (χ2n) is 4.11. The van der Waals surface area contributed by atoms with E-state index in [1.54, 1.807) is 18.2 Å². The molecule has 0 saturated heterocycles. The molecule has 0 unspecified atom stereocenters. The summed E-state index contributed by atoms with van der Waals surface area (Å²) >= 11 is 1.23. The lowest BCUT2D eigenvalue weighted by atomic mass is 10.2. The molecule has 0 amide bonds. The smallest absolute Gasteiger partial charge is 0.137 e. The molecular weight excluding hydrogens is 264 g/mol. The highest BCUT2D eigenvalue weighted by molar-refractivity contribution is 7.99. The first-order valence-corrected chi connectivity index (χ1v) is 6.93. The average Bonchev–Trinajstić information content (AvgIpc) is 2.38. The maximum atomic E-state index is 13.6. The molecule has 1 nitrogen and oxygen atoms in total. The van der Waals surface area contributed by atoms with Gasteiger partial charge in [0, 0.05) is 16.3 Å². The van der Waals surface area contributed by atoms with Crippen LogP contribution in [0.15, 0.2) is 52.3 Å². The SMILES string of the molecule is CCNCc1cc(F)cc(Sc2ccccc2F)c1. The van der Waals surface area contributed by atoms with E-state index in [2.05, 4.69) is 5.32 Å². The molecule has 2 rings (SSSR count). The molecule has 0 aliphatic heterocycles. The fourth-order valence-electron chi connectivity index (χ4n) is 1.71. The quantitative estimate of drug-likeness (QED) is 0.879. The van der Waals surface area contributed by atoms with Crippen molar-refractivity contribution in [2.75, 3.05) is 6.54 Å². The van der Waals surface area contributed by atoms with E-state index in [0.717, 1.165) is 12.1 Å². The Morgan fingerprint density at radius 1 is 1.11 bits per heavy atom. The molecule has 0 spiro atoms. The third kappa shape index (κ3) is 4.04. The minimum Gasteiger partial charge on any atom is -0.313 e. The largest absolute Gasteiger partial charge is 0.313 e. The normalized spacial score (nSPS) is 10.7. The molecule has 4 heteroatoms. The van der Waals surface area contributed by atoms with Gasteiger partial charge in [-0.1, -0.05) is 30.8 Å². The zero-order valence-electron chi connectivity index (χ0n) is 10.6. The van der Waals surface area contributed by atoms with Gasteiger partial charge in [-0.15, -0.1) is 0 Å². The van der Waals surface area contributed by atoms with Crippen molar-refractivity contribution >= 4 is 11.8 Å². The summed E-state index contributed by atoms with van der Waals surface area (Å²) < 4.78 is 27.1. The van der Waals surface area contributed by atoms with Crippen LogP contribution in [0.5, 0.6) is 0 Å². The minimum absolute atomic E-state index is 0.287.